The standard InChI is InChI=1S/C14H19F3N4O.2ClH/c15-14(16,17)12-3-2-11(10-20-12)13(22)19-4-1-7-21-8-5-18-6-9-21;;/h2-3,10,18H,1,4-9H2,(H,19,22);2*1H. The summed E-state index contributed by atoms with van der Waals surface area (Å²) in [4.78, 5) is 17.4. The average Bonchev–Trinajstić information content (AvgIpc) is 2.52. The predicted octanol–water partition coefficient (Wildman–Crippen LogP) is 1.97. The lowest BCUT2D eigenvalue weighted by Crippen LogP contribution is -2.44. The van der Waals surface area contributed by atoms with Crippen molar-refractivity contribution in [3.05, 3.63) is 29.6 Å². The number of nitrogens with one attached hydrogen (secondary N) is 2. The molecule has 0 unspecified atom stereocenters. The number of nitrogens with zero attached hydrogens (tertiary/aromatic N) is 2. The molecule has 0 aliphatic carbocycles. The lowest BCUT2D eigenvalue weighted by atomic mass is 10.2. The van der Waals surface area contributed by atoms with Gasteiger partial charge in [0.15, 0.2) is 0 Å². The SMILES string of the molecule is Cl.Cl.O=C(NCCCN1CCNCC1)c1ccc(C(F)(F)F)nc1. The van der Waals surface area contributed by atoms with Gasteiger partial charge >= 0.3 is 6.18 Å². The lowest BCUT2D eigenvalue weighted by molar-refractivity contribution is -0.141. The molecule has 10 heteroatoms. The van der Waals surface area contributed by atoms with Crippen LogP contribution >= 0.6 is 24.8 Å². The van der Waals surface area contributed by atoms with Crippen LogP contribution in [0.1, 0.15) is 22.5 Å². The number of hydrogen-bond acceptors (Lipinski definition) is 4. The molecular weight excluding hydrogens is 368 g/mol. The van der Waals surface area contributed by atoms with Gasteiger partial charge in [-0.1, -0.05) is 0 Å². The first-order valence-electron chi connectivity index (χ1n) is 7.21. The summed E-state index contributed by atoms with van der Waals surface area (Å²) in [6.45, 7) is 5.33. The van der Waals surface area contributed by atoms with Crippen molar-refractivity contribution in [1.29, 1.82) is 0 Å². The zero-order chi connectivity index (χ0) is 16.0. The molecule has 2 N–H and O–H groups in total. The van der Waals surface area contributed by atoms with Crippen LogP contribution in [0.3, 0.4) is 0 Å². The Labute approximate surface area is 151 Å². The summed E-state index contributed by atoms with van der Waals surface area (Å²) >= 11 is 0. The van der Waals surface area contributed by atoms with Crippen LogP contribution in [-0.2, 0) is 6.18 Å². The zero-order valence-corrected chi connectivity index (χ0v) is 14.6. The first kappa shape index (κ1) is 22.9. The van der Waals surface area contributed by atoms with E-state index in [0.29, 0.717) is 6.54 Å². The first-order valence-corrected chi connectivity index (χ1v) is 7.21. The molecule has 1 aliphatic rings. The molecule has 0 atom stereocenters. The zero-order valence-electron chi connectivity index (χ0n) is 12.9. The number of aromatic nitrogens is 1. The van der Waals surface area contributed by atoms with Gasteiger partial charge < -0.3 is 15.5 Å². The molecule has 1 aromatic rings. The lowest BCUT2D eigenvalue weighted by Gasteiger charge is -2.27. The van der Waals surface area contributed by atoms with Crippen LogP contribution in [0.2, 0.25) is 0 Å². The van der Waals surface area contributed by atoms with Crippen LogP contribution in [0.25, 0.3) is 0 Å². The van der Waals surface area contributed by atoms with E-state index in [1.54, 1.807) is 0 Å². The first-order chi connectivity index (χ1) is 10.5. The summed E-state index contributed by atoms with van der Waals surface area (Å²) < 4.78 is 37.1. The van der Waals surface area contributed by atoms with Crippen molar-refractivity contribution >= 4 is 30.7 Å². The van der Waals surface area contributed by atoms with Gasteiger partial charge in [-0.2, -0.15) is 13.2 Å². The van der Waals surface area contributed by atoms with Crippen LogP contribution in [-0.4, -0.2) is 55.1 Å². The summed E-state index contributed by atoms with van der Waals surface area (Å²) in [5.41, 5.74) is -0.863. The Morgan fingerprint density at radius 1 is 1.25 bits per heavy atom. The number of carbonyl (C=O) groups is 1. The van der Waals surface area contributed by atoms with Gasteiger partial charge in [0.2, 0.25) is 0 Å². The van der Waals surface area contributed by atoms with Crippen LogP contribution in [0.5, 0.6) is 0 Å². The van der Waals surface area contributed by atoms with Crippen LogP contribution < -0.4 is 10.6 Å². The van der Waals surface area contributed by atoms with E-state index in [1.807, 2.05) is 0 Å². The van der Waals surface area contributed by atoms with Gasteiger partial charge in [0.1, 0.15) is 5.69 Å². The Morgan fingerprint density at radius 3 is 2.46 bits per heavy atom. The topological polar surface area (TPSA) is 57.3 Å². The van der Waals surface area contributed by atoms with Gasteiger partial charge in [-0.05, 0) is 25.1 Å². The van der Waals surface area contributed by atoms with E-state index in [4.69, 9.17) is 0 Å². The molecule has 1 aliphatic heterocycles. The van der Waals surface area contributed by atoms with Crippen LogP contribution in [0.4, 0.5) is 13.2 Å². The molecule has 2 rings (SSSR count). The molecule has 2 heterocycles. The molecule has 1 saturated heterocycles. The second-order valence-corrected chi connectivity index (χ2v) is 5.13. The Kier molecular flexibility index (Phi) is 10.2. The minimum absolute atomic E-state index is 0. The Morgan fingerprint density at radius 2 is 1.92 bits per heavy atom. The third kappa shape index (κ3) is 7.21. The fraction of sp³-hybridized carbons (Fsp3) is 0.571. The van der Waals surface area contributed by atoms with Crippen molar-refractivity contribution < 1.29 is 18.0 Å². The Hall–Kier alpha value is -1.09. The molecule has 0 aromatic carbocycles. The minimum atomic E-state index is -4.49. The Balaban J connectivity index is 0.00000264. The van der Waals surface area contributed by atoms with Gasteiger partial charge in [-0.15, -0.1) is 24.8 Å². The van der Waals surface area contributed by atoms with Crippen LogP contribution in [0, 0.1) is 0 Å². The van der Waals surface area contributed by atoms with Crippen molar-refractivity contribution in [2.45, 2.75) is 12.6 Å². The van der Waals surface area contributed by atoms with E-state index in [2.05, 4.69) is 20.5 Å². The highest BCUT2D eigenvalue weighted by molar-refractivity contribution is 5.93. The second kappa shape index (κ2) is 10.7. The van der Waals surface area contributed by atoms with Crippen molar-refractivity contribution in [3.63, 3.8) is 0 Å². The molecule has 1 aromatic heterocycles. The van der Waals surface area contributed by atoms with Crippen molar-refractivity contribution in [2.75, 3.05) is 39.3 Å². The minimum Gasteiger partial charge on any atom is -0.352 e. The smallest absolute Gasteiger partial charge is 0.352 e. The fourth-order valence-electron chi connectivity index (χ4n) is 2.24. The van der Waals surface area contributed by atoms with E-state index in [1.165, 1.54) is 0 Å². The number of alkyl halides is 3. The molecule has 24 heavy (non-hydrogen) atoms. The van der Waals surface area contributed by atoms with E-state index in [0.717, 1.165) is 57.5 Å². The molecule has 1 amide bonds. The van der Waals surface area contributed by atoms with E-state index >= 15 is 0 Å². The number of carbonyl (C=O) groups excluding carboxylic acids is 1. The maximum atomic E-state index is 12.4. The van der Waals surface area contributed by atoms with Crippen molar-refractivity contribution in [1.82, 2.24) is 20.5 Å². The summed E-state index contributed by atoms with van der Waals surface area (Å²) in [7, 11) is 0. The molecular formula is C14H21Cl2F3N4O. The largest absolute Gasteiger partial charge is 0.433 e. The third-order valence-electron chi connectivity index (χ3n) is 3.46. The number of hydrogen-bond donors (Lipinski definition) is 2. The third-order valence-corrected chi connectivity index (χ3v) is 3.46. The van der Waals surface area contributed by atoms with E-state index in [-0.39, 0.29) is 30.4 Å². The summed E-state index contributed by atoms with van der Waals surface area (Å²) in [5, 5.41) is 5.96. The highest BCUT2D eigenvalue weighted by Crippen LogP contribution is 2.27. The summed E-state index contributed by atoms with van der Waals surface area (Å²) in [6.07, 6.45) is -2.73. The maximum Gasteiger partial charge on any atom is 0.433 e. The number of halogens is 5. The predicted molar refractivity (Wildman–Crippen MR) is 90.0 cm³/mol. The molecule has 1 fully saturated rings. The number of piperazine rings is 1. The average molecular weight is 389 g/mol. The van der Waals surface area contributed by atoms with Crippen LogP contribution in [0.15, 0.2) is 18.3 Å². The molecule has 0 radical (unpaired) electrons. The maximum absolute atomic E-state index is 12.4. The number of rotatable bonds is 5. The fourth-order valence-corrected chi connectivity index (χ4v) is 2.24. The van der Waals surface area contributed by atoms with E-state index in [9.17, 15) is 18.0 Å². The van der Waals surface area contributed by atoms with Crippen molar-refractivity contribution in [2.24, 2.45) is 0 Å². The highest BCUT2D eigenvalue weighted by atomic mass is 35.5. The molecule has 138 valence electrons. The number of amides is 1. The summed E-state index contributed by atoms with van der Waals surface area (Å²) in [6, 6.07) is 1.96. The normalized spacial score (nSPS) is 15.1. The quantitative estimate of drug-likeness (QED) is 0.757. The van der Waals surface area contributed by atoms with Crippen molar-refractivity contribution in [3.8, 4) is 0 Å². The van der Waals surface area contributed by atoms with Gasteiger partial charge in [0.05, 0.1) is 5.56 Å². The molecule has 0 bridgehead atoms. The monoisotopic (exact) mass is 388 g/mol. The molecule has 0 spiro atoms. The summed E-state index contributed by atoms with van der Waals surface area (Å²) in [5.74, 6) is -0.401. The Bertz CT molecular complexity index is 494. The second-order valence-electron chi connectivity index (χ2n) is 5.13. The highest BCUT2D eigenvalue weighted by Gasteiger charge is 2.32. The van der Waals surface area contributed by atoms with Gasteiger partial charge in [-0.3, -0.25) is 9.78 Å². The van der Waals surface area contributed by atoms with Gasteiger partial charge in [0.25, 0.3) is 5.91 Å². The van der Waals surface area contributed by atoms with Gasteiger partial charge in [0, 0.05) is 38.9 Å². The van der Waals surface area contributed by atoms with E-state index < -0.39 is 17.8 Å². The molecule has 5 nitrogen and oxygen atoms in total. The number of pyridine rings is 1. The van der Waals surface area contributed by atoms with Gasteiger partial charge in [-0.25, -0.2) is 0 Å². The molecule has 0 saturated carbocycles.